The van der Waals surface area contributed by atoms with Gasteiger partial charge in [-0.1, -0.05) is 11.2 Å². The van der Waals surface area contributed by atoms with Crippen molar-refractivity contribution in [2.45, 2.75) is 10.6 Å². The number of thioether (sulfide) groups is 1. The van der Waals surface area contributed by atoms with Crippen LogP contribution in [0, 0.1) is 5.82 Å². The van der Waals surface area contributed by atoms with Crippen molar-refractivity contribution >= 4 is 17.7 Å². The van der Waals surface area contributed by atoms with Crippen LogP contribution in [0.3, 0.4) is 0 Å². The Kier molecular flexibility index (Phi) is 3.96. The molecule has 0 saturated carbocycles. The Morgan fingerprint density at radius 1 is 1.50 bits per heavy atom. The summed E-state index contributed by atoms with van der Waals surface area (Å²) in [5, 5.41) is 3.56. The highest BCUT2D eigenvalue weighted by Gasteiger charge is 2.11. The predicted octanol–water partition coefficient (Wildman–Crippen LogP) is 1.71. The first-order chi connectivity index (χ1) is 8.69. The van der Waals surface area contributed by atoms with E-state index >= 15 is 0 Å². The fourth-order valence-electron chi connectivity index (χ4n) is 1.27. The zero-order valence-corrected chi connectivity index (χ0v) is 10.0. The van der Waals surface area contributed by atoms with Gasteiger partial charge in [0.25, 0.3) is 5.91 Å². The average molecular weight is 267 g/mol. The Balaban J connectivity index is 1.98. The third kappa shape index (κ3) is 3.08. The van der Waals surface area contributed by atoms with Crippen LogP contribution in [0.4, 0.5) is 4.39 Å². The molecule has 1 aromatic heterocycles. The fraction of sp³-hybridized carbons (Fsp3) is 0.0909. The first-order valence-electron chi connectivity index (χ1n) is 5.04. The first kappa shape index (κ1) is 12.6. The van der Waals surface area contributed by atoms with Gasteiger partial charge in [0.15, 0.2) is 5.69 Å². The van der Waals surface area contributed by atoms with Gasteiger partial charge in [-0.2, -0.15) is 0 Å². The number of halogens is 1. The largest absolute Gasteiger partial charge is 0.360 e. The zero-order chi connectivity index (χ0) is 13.0. The molecule has 0 atom stereocenters. The monoisotopic (exact) mass is 267 g/mol. The molecule has 1 aromatic carbocycles. The van der Waals surface area contributed by atoms with Gasteiger partial charge in [-0.25, -0.2) is 10.2 Å². The number of nitrogens with zero attached hydrogens (tertiary/aromatic N) is 1. The van der Waals surface area contributed by atoms with E-state index in [0.29, 0.717) is 11.5 Å². The van der Waals surface area contributed by atoms with E-state index in [0.717, 1.165) is 4.90 Å². The molecule has 0 bridgehead atoms. The van der Waals surface area contributed by atoms with E-state index in [9.17, 15) is 9.18 Å². The highest BCUT2D eigenvalue weighted by molar-refractivity contribution is 7.98. The van der Waals surface area contributed by atoms with Crippen molar-refractivity contribution in [2.24, 2.45) is 5.84 Å². The van der Waals surface area contributed by atoms with Gasteiger partial charge in [0.05, 0.1) is 5.75 Å². The van der Waals surface area contributed by atoms with Gasteiger partial charge >= 0.3 is 0 Å². The number of carbonyl (C=O) groups excluding carboxylic acids is 1. The Morgan fingerprint density at radius 3 is 3.06 bits per heavy atom. The molecule has 1 heterocycles. The molecule has 0 unspecified atom stereocenters. The fourth-order valence-corrected chi connectivity index (χ4v) is 2.09. The van der Waals surface area contributed by atoms with Crippen molar-refractivity contribution in [3.63, 3.8) is 0 Å². The van der Waals surface area contributed by atoms with E-state index < -0.39 is 5.91 Å². The van der Waals surface area contributed by atoms with Crippen LogP contribution in [0.5, 0.6) is 0 Å². The Hall–Kier alpha value is -1.86. The molecule has 1 amide bonds. The van der Waals surface area contributed by atoms with Crippen LogP contribution in [0.1, 0.15) is 16.2 Å². The van der Waals surface area contributed by atoms with Gasteiger partial charge < -0.3 is 4.52 Å². The molecular formula is C11H10FN3O2S. The second-order valence-corrected chi connectivity index (χ2v) is 4.45. The molecule has 7 heteroatoms. The number of nitrogens with one attached hydrogen (secondary N) is 1. The Labute approximate surface area is 106 Å². The average Bonchev–Trinajstić information content (AvgIpc) is 2.84. The van der Waals surface area contributed by atoms with Crippen molar-refractivity contribution in [1.82, 2.24) is 10.6 Å². The summed E-state index contributed by atoms with van der Waals surface area (Å²) < 4.78 is 17.9. The van der Waals surface area contributed by atoms with Crippen LogP contribution in [-0.4, -0.2) is 11.1 Å². The third-order valence-corrected chi connectivity index (χ3v) is 3.12. The number of carbonyl (C=O) groups is 1. The smallest absolute Gasteiger partial charge is 0.287 e. The van der Waals surface area contributed by atoms with E-state index in [4.69, 9.17) is 10.4 Å². The molecule has 94 valence electrons. The molecule has 5 nitrogen and oxygen atoms in total. The van der Waals surface area contributed by atoms with E-state index in [1.165, 1.54) is 30.0 Å². The summed E-state index contributed by atoms with van der Waals surface area (Å²) in [4.78, 5) is 11.9. The molecule has 0 aliphatic carbocycles. The molecule has 18 heavy (non-hydrogen) atoms. The lowest BCUT2D eigenvalue weighted by atomic mass is 10.3. The van der Waals surface area contributed by atoms with Crippen molar-refractivity contribution in [3.05, 3.63) is 47.6 Å². The van der Waals surface area contributed by atoms with Crippen molar-refractivity contribution in [3.8, 4) is 0 Å². The molecule has 2 aromatic rings. The summed E-state index contributed by atoms with van der Waals surface area (Å²) >= 11 is 1.38. The van der Waals surface area contributed by atoms with Crippen LogP contribution in [0.2, 0.25) is 0 Å². The first-order valence-corrected chi connectivity index (χ1v) is 6.02. The lowest BCUT2D eigenvalue weighted by Crippen LogP contribution is -2.30. The number of nitrogen functional groups attached to an aromatic ring is 1. The van der Waals surface area contributed by atoms with Crippen LogP contribution in [-0.2, 0) is 5.75 Å². The second-order valence-electron chi connectivity index (χ2n) is 3.40. The Bertz CT molecular complexity index is 559. The van der Waals surface area contributed by atoms with Gasteiger partial charge in [-0.3, -0.25) is 10.2 Å². The second kappa shape index (κ2) is 5.65. The lowest BCUT2D eigenvalue weighted by molar-refractivity contribution is 0.0944. The SMILES string of the molecule is NNC(=O)c1cc(CSc2cccc(F)c2)on1. The third-order valence-electron chi connectivity index (χ3n) is 2.10. The van der Waals surface area contributed by atoms with Gasteiger partial charge in [-0.15, -0.1) is 11.8 Å². The summed E-state index contributed by atoms with van der Waals surface area (Å²) in [6.45, 7) is 0. The molecule has 0 saturated heterocycles. The summed E-state index contributed by atoms with van der Waals surface area (Å²) in [7, 11) is 0. The number of amides is 1. The number of aromatic nitrogens is 1. The molecular weight excluding hydrogens is 257 g/mol. The number of rotatable bonds is 4. The molecule has 3 N–H and O–H groups in total. The lowest BCUT2D eigenvalue weighted by Gasteiger charge is -1.98. The molecule has 0 aliphatic rings. The highest BCUT2D eigenvalue weighted by Crippen LogP contribution is 2.23. The van der Waals surface area contributed by atoms with Gasteiger partial charge in [0.1, 0.15) is 11.6 Å². The Morgan fingerprint density at radius 2 is 2.33 bits per heavy atom. The topological polar surface area (TPSA) is 81.1 Å². The van der Waals surface area contributed by atoms with E-state index in [-0.39, 0.29) is 11.5 Å². The van der Waals surface area contributed by atoms with E-state index in [1.807, 2.05) is 5.43 Å². The van der Waals surface area contributed by atoms with Crippen molar-refractivity contribution in [2.75, 3.05) is 0 Å². The maximum absolute atomic E-state index is 12.9. The van der Waals surface area contributed by atoms with Gasteiger partial charge in [0, 0.05) is 11.0 Å². The number of hydrogen-bond donors (Lipinski definition) is 2. The molecule has 2 rings (SSSR count). The minimum absolute atomic E-state index is 0.118. The van der Waals surface area contributed by atoms with Crippen LogP contribution < -0.4 is 11.3 Å². The van der Waals surface area contributed by atoms with Gasteiger partial charge in [0.2, 0.25) is 0 Å². The number of benzene rings is 1. The van der Waals surface area contributed by atoms with Crippen LogP contribution in [0.25, 0.3) is 0 Å². The summed E-state index contributed by atoms with van der Waals surface area (Å²) in [5.41, 5.74) is 2.08. The molecule has 0 fully saturated rings. The number of nitrogens with two attached hydrogens (primary N) is 1. The molecule has 0 spiro atoms. The van der Waals surface area contributed by atoms with Crippen molar-refractivity contribution in [1.29, 1.82) is 0 Å². The van der Waals surface area contributed by atoms with E-state index in [2.05, 4.69) is 5.16 Å². The summed E-state index contributed by atoms with van der Waals surface area (Å²) in [6, 6.07) is 7.72. The molecule has 0 aliphatic heterocycles. The zero-order valence-electron chi connectivity index (χ0n) is 9.22. The van der Waals surface area contributed by atoms with Crippen molar-refractivity contribution < 1.29 is 13.7 Å². The predicted molar refractivity (Wildman–Crippen MR) is 64.1 cm³/mol. The quantitative estimate of drug-likeness (QED) is 0.381. The number of hydrazine groups is 1. The molecule has 0 radical (unpaired) electrons. The summed E-state index contributed by atoms with van der Waals surface area (Å²) in [5.74, 6) is 5.13. The van der Waals surface area contributed by atoms with Crippen LogP contribution in [0.15, 0.2) is 39.8 Å². The summed E-state index contributed by atoms with van der Waals surface area (Å²) in [6.07, 6.45) is 0. The number of hydrogen-bond acceptors (Lipinski definition) is 5. The van der Waals surface area contributed by atoms with Gasteiger partial charge in [-0.05, 0) is 18.2 Å². The minimum atomic E-state index is -0.513. The van der Waals surface area contributed by atoms with E-state index in [1.54, 1.807) is 12.1 Å². The van der Waals surface area contributed by atoms with Crippen LogP contribution >= 0.6 is 11.8 Å². The maximum atomic E-state index is 12.9. The maximum Gasteiger partial charge on any atom is 0.287 e. The normalized spacial score (nSPS) is 10.3. The minimum Gasteiger partial charge on any atom is -0.360 e. The standard InChI is InChI=1S/C11H10FN3O2S/c12-7-2-1-3-9(4-7)18-6-8-5-10(15-17-8)11(16)14-13/h1-5H,6,13H2,(H,14,16). The highest BCUT2D eigenvalue weighted by atomic mass is 32.2.